The summed E-state index contributed by atoms with van der Waals surface area (Å²) in [5.41, 5.74) is -0.0314. The molecule has 2 nitrogen and oxygen atoms in total. The number of nitrogens with zero attached hydrogens (tertiary/aromatic N) is 1. The Morgan fingerprint density at radius 3 is 2.56 bits per heavy atom. The predicted octanol–water partition coefficient (Wildman–Crippen LogP) is 3.37. The van der Waals surface area contributed by atoms with E-state index >= 15 is 0 Å². The van der Waals surface area contributed by atoms with Crippen molar-refractivity contribution in [3.8, 4) is 6.07 Å². The highest BCUT2D eigenvalue weighted by atomic mass is 19.4. The lowest BCUT2D eigenvalue weighted by Gasteiger charge is -2.08. The topological polar surface area (TPSA) is 39.6 Å². The van der Waals surface area contributed by atoms with E-state index in [9.17, 15) is 13.2 Å². The first-order valence-corrected chi connectivity index (χ1v) is 4.52. The second-order valence-corrected chi connectivity index (χ2v) is 3.52. The van der Waals surface area contributed by atoms with Gasteiger partial charge in [-0.05, 0) is 24.6 Å². The van der Waals surface area contributed by atoms with Crippen molar-refractivity contribution >= 4 is 10.9 Å². The van der Waals surface area contributed by atoms with E-state index in [1.165, 1.54) is 6.07 Å². The minimum absolute atomic E-state index is 0.345. The number of halogens is 3. The highest BCUT2D eigenvalue weighted by molar-refractivity contribution is 5.85. The molecule has 0 saturated heterocycles. The lowest BCUT2D eigenvalue weighted by molar-refractivity contribution is -0.137. The summed E-state index contributed by atoms with van der Waals surface area (Å²) in [4.78, 5) is 2.74. The van der Waals surface area contributed by atoms with Crippen molar-refractivity contribution in [1.29, 1.82) is 5.26 Å². The van der Waals surface area contributed by atoms with Crippen molar-refractivity contribution in [1.82, 2.24) is 4.98 Å². The maximum Gasteiger partial charge on any atom is 0.417 e. The zero-order chi connectivity index (χ0) is 11.9. The summed E-state index contributed by atoms with van der Waals surface area (Å²) in [7, 11) is 0. The van der Waals surface area contributed by atoms with Gasteiger partial charge in [0.2, 0.25) is 0 Å². The Labute approximate surface area is 89.3 Å². The van der Waals surface area contributed by atoms with E-state index < -0.39 is 11.7 Å². The van der Waals surface area contributed by atoms with Crippen LogP contribution in [0.5, 0.6) is 0 Å². The van der Waals surface area contributed by atoms with Crippen molar-refractivity contribution in [2.45, 2.75) is 13.1 Å². The lowest BCUT2D eigenvalue weighted by atomic mass is 10.0. The Bertz CT molecular complexity index is 588. The number of hydrogen-bond acceptors (Lipinski definition) is 1. The molecule has 1 heterocycles. The molecule has 0 aliphatic heterocycles. The third-order valence-corrected chi connectivity index (χ3v) is 2.45. The fourth-order valence-corrected chi connectivity index (χ4v) is 1.64. The number of hydrogen-bond donors (Lipinski definition) is 1. The summed E-state index contributed by atoms with van der Waals surface area (Å²) in [5, 5.41) is 9.35. The smallest absolute Gasteiger partial charge is 0.361 e. The zero-order valence-corrected chi connectivity index (χ0v) is 8.31. The second kappa shape index (κ2) is 3.27. The molecule has 1 N–H and O–H groups in total. The molecule has 0 amide bonds. The average Bonchev–Trinajstić information content (AvgIpc) is 2.57. The van der Waals surface area contributed by atoms with Crippen LogP contribution in [0.3, 0.4) is 0 Å². The predicted molar refractivity (Wildman–Crippen MR) is 52.8 cm³/mol. The molecule has 0 unspecified atom stereocenters. The number of aromatic amines is 1. The van der Waals surface area contributed by atoms with E-state index in [1.807, 2.05) is 0 Å². The second-order valence-electron chi connectivity index (χ2n) is 3.52. The number of aryl methyl sites for hydroxylation is 1. The van der Waals surface area contributed by atoms with Crippen LogP contribution < -0.4 is 0 Å². The molecule has 0 aliphatic rings. The third kappa shape index (κ3) is 1.52. The minimum Gasteiger partial charge on any atom is -0.361 e. The zero-order valence-electron chi connectivity index (χ0n) is 8.31. The molecule has 0 aliphatic carbocycles. The molecule has 0 bridgehead atoms. The van der Waals surface area contributed by atoms with E-state index in [2.05, 4.69) is 4.98 Å². The minimum atomic E-state index is -4.50. The summed E-state index contributed by atoms with van der Waals surface area (Å²) in [6.45, 7) is 1.77. The maximum atomic E-state index is 12.6. The quantitative estimate of drug-likeness (QED) is 0.732. The van der Waals surface area contributed by atoms with Crippen molar-refractivity contribution in [2.24, 2.45) is 0 Å². The molecule has 0 fully saturated rings. The van der Waals surface area contributed by atoms with Crippen molar-refractivity contribution in [3.63, 3.8) is 0 Å². The van der Waals surface area contributed by atoms with Crippen LogP contribution >= 0.6 is 0 Å². The molecule has 16 heavy (non-hydrogen) atoms. The highest BCUT2D eigenvalue weighted by Crippen LogP contribution is 2.34. The third-order valence-electron chi connectivity index (χ3n) is 2.45. The number of aromatic nitrogens is 1. The molecule has 0 radical (unpaired) electrons. The summed E-state index contributed by atoms with van der Waals surface area (Å²) in [6, 6.07) is 3.82. The number of rotatable bonds is 0. The van der Waals surface area contributed by atoms with Gasteiger partial charge in [0, 0.05) is 17.1 Å². The summed E-state index contributed by atoms with van der Waals surface area (Å²) in [6.07, 6.45) is -2.88. The van der Waals surface area contributed by atoms with E-state index in [-0.39, 0.29) is 5.56 Å². The van der Waals surface area contributed by atoms with Gasteiger partial charge < -0.3 is 4.98 Å². The Hall–Kier alpha value is -1.96. The Morgan fingerprint density at radius 1 is 1.31 bits per heavy atom. The van der Waals surface area contributed by atoms with E-state index in [0.29, 0.717) is 10.9 Å². The van der Waals surface area contributed by atoms with Gasteiger partial charge in [-0.1, -0.05) is 0 Å². The first-order valence-electron chi connectivity index (χ1n) is 4.52. The standard InChI is InChI=1S/C11H7F3N2/c1-6-5-16-10-3-9(11(12,13)14)7(4-15)2-8(6)10/h2-3,5,16H,1H3. The van der Waals surface area contributed by atoms with Crippen LogP contribution in [0.25, 0.3) is 10.9 Å². The van der Waals surface area contributed by atoms with Crippen LogP contribution in [0.15, 0.2) is 18.3 Å². The molecule has 82 valence electrons. The number of nitrogens with one attached hydrogen (secondary N) is 1. The van der Waals surface area contributed by atoms with Gasteiger partial charge in [0.25, 0.3) is 0 Å². The normalized spacial score (nSPS) is 11.7. The Kier molecular flexibility index (Phi) is 2.16. The number of benzene rings is 1. The van der Waals surface area contributed by atoms with Crippen LogP contribution in [0.2, 0.25) is 0 Å². The summed E-state index contributed by atoms with van der Waals surface area (Å²) >= 11 is 0. The monoisotopic (exact) mass is 224 g/mol. The molecule has 0 spiro atoms. The maximum absolute atomic E-state index is 12.6. The first kappa shape index (κ1) is 10.6. The van der Waals surface area contributed by atoms with Gasteiger partial charge in [-0.3, -0.25) is 0 Å². The number of alkyl halides is 3. The van der Waals surface area contributed by atoms with Crippen molar-refractivity contribution < 1.29 is 13.2 Å². The largest absolute Gasteiger partial charge is 0.417 e. The number of H-pyrrole nitrogens is 1. The summed E-state index contributed by atoms with van der Waals surface area (Å²) < 4.78 is 37.8. The summed E-state index contributed by atoms with van der Waals surface area (Å²) in [5.74, 6) is 0. The fourth-order valence-electron chi connectivity index (χ4n) is 1.64. The number of nitriles is 1. The van der Waals surface area contributed by atoms with Gasteiger partial charge in [0.1, 0.15) is 0 Å². The van der Waals surface area contributed by atoms with E-state index in [4.69, 9.17) is 5.26 Å². The van der Waals surface area contributed by atoms with Crippen LogP contribution in [0.1, 0.15) is 16.7 Å². The van der Waals surface area contributed by atoms with Gasteiger partial charge in [-0.25, -0.2) is 0 Å². The lowest BCUT2D eigenvalue weighted by Crippen LogP contribution is -2.07. The van der Waals surface area contributed by atoms with Crippen molar-refractivity contribution in [3.05, 3.63) is 35.0 Å². The average molecular weight is 224 g/mol. The molecular formula is C11H7F3N2. The van der Waals surface area contributed by atoms with Gasteiger partial charge in [-0.15, -0.1) is 0 Å². The van der Waals surface area contributed by atoms with Gasteiger partial charge in [0.05, 0.1) is 17.2 Å². The molecule has 5 heteroatoms. The molecule has 2 aromatic rings. The molecule has 1 aromatic carbocycles. The van der Waals surface area contributed by atoms with Crippen LogP contribution in [0.4, 0.5) is 13.2 Å². The Balaban J connectivity index is 2.81. The Morgan fingerprint density at radius 2 is 2.00 bits per heavy atom. The SMILES string of the molecule is Cc1c[nH]c2cc(C(F)(F)F)c(C#N)cc12. The van der Waals surface area contributed by atoms with Crippen LogP contribution in [-0.2, 0) is 6.18 Å². The van der Waals surface area contributed by atoms with Gasteiger partial charge in [0.15, 0.2) is 0 Å². The number of fused-ring (bicyclic) bond motifs is 1. The van der Waals surface area contributed by atoms with E-state index in [1.54, 1.807) is 19.2 Å². The first-order chi connectivity index (χ1) is 7.43. The van der Waals surface area contributed by atoms with E-state index in [0.717, 1.165) is 11.6 Å². The van der Waals surface area contributed by atoms with Crippen LogP contribution in [0, 0.1) is 18.3 Å². The fraction of sp³-hybridized carbons (Fsp3) is 0.182. The van der Waals surface area contributed by atoms with Gasteiger partial charge in [-0.2, -0.15) is 18.4 Å². The molecule has 0 saturated carbocycles. The molecular weight excluding hydrogens is 217 g/mol. The van der Waals surface area contributed by atoms with Gasteiger partial charge >= 0.3 is 6.18 Å². The molecule has 0 atom stereocenters. The molecule has 1 aromatic heterocycles. The van der Waals surface area contributed by atoms with Crippen molar-refractivity contribution in [2.75, 3.05) is 0 Å². The highest BCUT2D eigenvalue weighted by Gasteiger charge is 2.34. The molecule has 2 rings (SSSR count). The van der Waals surface area contributed by atoms with Crippen LogP contribution in [-0.4, -0.2) is 4.98 Å².